The third kappa shape index (κ3) is 2.43. The molecule has 0 spiro atoms. The number of rotatable bonds is 4. The smallest absolute Gasteiger partial charge is 0.211 e. The molecule has 2 aromatic heterocycles. The third-order valence-corrected chi connectivity index (χ3v) is 3.92. The normalized spacial score (nSPS) is 14.5. The number of fused-ring (bicyclic) bond motifs is 1. The highest BCUT2D eigenvalue weighted by Crippen LogP contribution is 2.30. The summed E-state index contributed by atoms with van der Waals surface area (Å²) in [6.07, 6.45) is 10.1. The van der Waals surface area contributed by atoms with Gasteiger partial charge in [0.15, 0.2) is 0 Å². The summed E-state index contributed by atoms with van der Waals surface area (Å²) in [5.41, 5.74) is 1.24. The number of hydrogen-bond acceptors (Lipinski definition) is 3. The van der Waals surface area contributed by atoms with Crippen molar-refractivity contribution in [1.82, 2.24) is 14.6 Å². The van der Waals surface area contributed by atoms with Crippen LogP contribution in [0.25, 0.3) is 4.96 Å². The van der Waals surface area contributed by atoms with Crippen molar-refractivity contribution < 1.29 is 0 Å². The van der Waals surface area contributed by atoms with E-state index in [1.165, 1.54) is 10.5 Å². The Morgan fingerprint density at radius 3 is 2.94 bits per heavy atom. The van der Waals surface area contributed by atoms with Gasteiger partial charge in [0, 0.05) is 17.0 Å². The maximum atomic E-state index is 4.38. The molecule has 0 radical (unpaired) electrons. The van der Waals surface area contributed by atoms with Crippen LogP contribution in [-0.2, 0) is 0 Å². The van der Waals surface area contributed by atoms with E-state index < -0.39 is 0 Å². The van der Waals surface area contributed by atoms with E-state index in [-0.39, 0.29) is 0 Å². The highest BCUT2D eigenvalue weighted by molar-refractivity contribution is 7.17. The summed E-state index contributed by atoms with van der Waals surface area (Å²) in [4.78, 5) is 6.59. The molecule has 1 unspecified atom stereocenters. The Bertz CT molecular complexity index is 585. The lowest BCUT2D eigenvalue weighted by Gasteiger charge is -2.09. The fourth-order valence-corrected chi connectivity index (χ4v) is 2.89. The number of aromatic nitrogens is 3. The molecule has 0 saturated carbocycles. The van der Waals surface area contributed by atoms with Crippen LogP contribution in [0.5, 0.6) is 0 Å². The first-order valence-corrected chi connectivity index (χ1v) is 6.75. The van der Waals surface area contributed by atoms with Crippen LogP contribution < -0.4 is 0 Å². The van der Waals surface area contributed by atoms with E-state index in [0.29, 0.717) is 5.92 Å². The molecule has 0 fully saturated rings. The van der Waals surface area contributed by atoms with Crippen LogP contribution in [-0.4, -0.2) is 14.6 Å². The number of nitrogens with zero attached hydrogens (tertiary/aromatic N) is 3. The topological polar surface area (TPSA) is 30.2 Å². The number of allylic oxidation sites excluding steroid dienone is 5. The molecule has 18 heavy (non-hydrogen) atoms. The Labute approximate surface area is 111 Å². The van der Waals surface area contributed by atoms with Gasteiger partial charge in [0.2, 0.25) is 4.96 Å². The van der Waals surface area contributed by atoms with E-state index in [1.54, 1.807) is 11.3 Å². The van der Waals surface area contributed by atoms with E-state index in [0.717, 1.165) is 10.8 Å². The van der Waals surface area contributed by atoms with Gasteiger partial charge in [-0.1, -0.05) is 49.1 Å². The average molecular weight is 259 g/mol. The van der Waals surface area contributed by atoms with Crippen molar-refractivity contribution >= 4 is 16.3 Å². The van der Waals surface area contributed by atoms with Gasteiger partial charge in [-0.2, -0.15) is 5.10 Å². The predicted molar refractivity (Wildman–Crippen MR) is 77.1 cm³/mol. The van der Waals surface area contributed by atoms with Gasteiger partial charge in [-0.25, -0.2) is 9.50 Å². The number of hydrogen-bond donors (Lipinski definition) is 0. The lowest BCUT2D eigenvalue weighted by atomic mass is 9.99. The molecule has 0 saturated heterocycles. The van der Waals surface area contributed by atoms with E-state index in [2.05, 4.69) is 35.9 Å². The van der Waals surface area contributed by atoms with Crippen LogP contribution in [0.3, 0.4) is 0 Å². The zero-order chi connectivity index (χ0) is 13.1. The molecule has 1 atom stereocenters. The zero-order valence-electron chi connectivity index (χ0n) is 10.9. The molecule has 0 aliphatic heterocycles. The van der Waals surface area contributed by atoms with Crippen molar-refractivity contribution in [2.75, 3.05) is 0 Å². The van der Waals surface area contributed by atoms with Gasteiger partial charge in [0.05, 0.1) is 0 Å². The second-order valence-electron chi connectivity index (χ2n) is 4.14. The standard InChI is InChI=1S/C14H17N3S/c1-5-7-12(8-6-2)10(3)13-9-17-14(18-13)15-11(4)16-17/h5-10H,1H2,2-4H3/b8-6-,12-7+. The quantitative estimate of drug-likeness (QED) is 0.780. The maximum Gasteiger partial charge on any atom is 0.212 e. The fourth-order valence-electron chi connectivity index (χ4n) is 1.85. The average Bonchev–Trinajstić information content (AvgIpc) is 2.84. The second-order valence-corrected chi connectivity index (χ2v) is 5.18. The van der Waals surface area contributed by atoms with Crippen LogP contribution >= 0.6 is 11.3 Å². The summed E-state index contributed by atoms with van der Waals surface area (Å²) in [6, 6.07) is 0. The van der Waals surface area contributed by atoms with Crippen LogP contribution in [0.4, 0.5) is 0 Å². The highest BCUT2D eigenvalue weighted by atomic mass is 32.1. The molecule has 2 rings (SSSR count). The van der Waals surface area contributed by atoms with Gasteiger partial charge >= 0.3 is 0 Å². The molecular weight excluding hydrogens is 242 g/mol. The molecule has 0 aliphatic rings. The summed E-state index contributed by atoms with van der Waals surface area (Å²) in [5.74, 6) is 1.14. The molecule has 0 aromatic carbocycles. The molecule has 0 bridgehead atoms. The maximum absolute atomic E-state index is 4.38. The monoisotopic (exact) mass is 259 g/mol. The fraction of sp³-hybridized carbons (Fsp3) is 0.286. The van der Waals surface area contributed by atoms with Gasteiger partial charge in [-0.3, -0.25) is 0 Å². The van der Waals surface area contributed by atoms with Gasteiger partial charge in [0.1, 0.15) is 5.82 Å². The molecule has 94 valence electrons. The molecule has 2 aromatic rings. The number of thiazole rings is 1. The lowest BCUT2D eigenvalue weighted by Crippen LogP contribution is -1.94. The molecule has 3 nitrogen and oxygen atoms in total. The summed E-state index contributed by atoms with van der Waals surface area (Å²) < 4.78 is 1.85. The lowest BCUT2D eigenvalue weighted by molar-refractivity contribution is 0.895. The highest BCUT2D eigenvalue weighted by Gasteiger charge is 2.14. The Hall–Kier alpha value is -1.68. The van der Waals surface area contributed by atoms with Gasteiger partial charge in [0.25, 0.3) is 0 Å². The van der Waals surface area contributed by atoms with E-state index in [4.69, 9.17) is 0 Å². The third-order valence-electron chi connectivity index (χ3n) is 2.76. The Morgan fingerprint density at radius 2 is 2.33 bits per heavy atom. The minimum atomic E-state index is 0.327. The van der Waals surface area contributed by atoms with Crippen LogP contribution in [0.2, 0.25) is 0 Å². The summed E-state index contributed by atoms with van der Waals surface area (Å²) in [5, 5.41) is 4.33. The molecule has 0 N–H and O–H groups in total. The second kappa shape index (κ2) is 5.31. The largest absolute Gasteiger partial charge is 0.212 e. The van der Waals surface area contributed by atoms with Crippen molar-refractivity contribution in [3.05, 3.63) is 53.4 Å². The Balaban J connectivity index is 2.36. The SMILES string of the molecule is C=C/C=C(\C=C/C)C(C)c1cn2nc(C)nc2s1. The molecule has 0 amide bonds. The Kier molecular flexibility index (Phi) is 3.77. The van der Waals surface area contributed by atoms with Gasteiger partial charge in [-0.15, -0.1) is 0 Å². The zero-order valence-corrected chi connectivity index (χ0v) is 11.7. The summed E-state index contributed by atoms with van der Waals surface area (Å²) in [6.45, 7) is 9.89. The van der Waals surface area contributed by atoms with Crippen LogP contribution in [0.15, 0.2) is 42.7 Å². The summed E-state index contributed by atoms with van der Waals surface area (Å²) >= 11 is 1.69. The molecule has 4 heteroatoms. The minimum absolute atomic E-state index is 0.327. The first-order valence-electron chi connectivity index (χ1n) is 5.93. The van der Waals surface area contributed by atoms with Gasteiger partial charge in [-0.05, 0) is 19.4 Å². The van der Waals surface area contributed by atoms with Crippen LogP contribution in [0, 0.1) is 6.92 Å². The Morgan fingerprint density at radius 1 is 1.56 bits per heavy atom. The first kappa shape index (κ1) is 12.8. The predicted octanol–water partition coefficient (Wildman–Crippen LogP) is 3.89. The van der Waals surface area contributed by atoms with Crippen molar-refractivity contribution in [2.45, 2.75) is 26.7 Å². The van der Waals surface area contributed by atoms with Crippen molar-refractivity contribution in [2.24, 2.45) is 0 Å². The van der Waals surface area contributed by atoms with Gasteiger partial charge < -0.3 is 0 Å². The molecular formula is C14H17N3S. The van der Waals surface area contributed by atoms with Crippen molar-refractivity contribution in [1.29, 1.82) is 0 Å². The van der Waals surface area contributed by atoms with E-state index in [1.807, 2.05) is 36.6 Å². The van der Waals surface area contributed by atoms with Crippen molar-refractivity contribution in [3.63, 3.8) is 0 Å². The number of aryl methyl sites for hydroxylation is 1. The van der Waals surface area contributed by atoms with E-state index >= 15 is 0 Å². The van der Waals surface area contributed by atoms with E-state index in [9.17, 15) is 0 Å². The molecule has 0 aliphatic carbocycles. The van der Waals surface area contributed by atoms with Crippen molar-refractivity contribution in [3.8, 4) is 0 Å². The summed E-state index contributed by atoms with van der Waals surface area (Å²) in [7, 11) is 0. The van der Waals surface area contributed by atoms with Crippen LogP contribution in [0.1, 0.15) is 30.5 Å². The first-order chi connectivity index (χ1) is 8.65. The minimum Gasteiger partial charge on any atom is -0.211 e. The molecule has 2 heterocycles.